The molecule has 1 unspecified atom stereocenters. The van der Waals surface area contributed by atoms with E-state index in [0.29, 0.717) is 23.8 Å². The highest BCUT2D eigenvalue weighted by Gasteiger charge is 2.14. The molecule has 2 rings (SSSR count). The Labute approximate surface area is 126 Å². The number of hydrogen-bond donors (Lipinski definition) is 1. The van der Waals surface area contributed by atoms with Gasteiger partial charge >= 0.3 is 0 Å². The normalized spacial score (nSPS) is 12.2. The minimum absolute atomic E-state index is 0.247. The minimum atomic E-state index is -0.247. The Morgan fingerprint density at radius 3 is 2.52 bits per heavy atom. The maximum atomic E-state index is 13.9. The number of halogens is 1. The van der Waals surface area contributed by atoms with E-state index in [9.17, 15) is 4.39 Å². The van der Waals surface area contributed by atoms with E-state index in [4.69, 9.17) is 4.74 Å². The van der Waals surface area contributed by atoms with Gasteiger partial charge < -0.3 is 10.1 Å². The maximum absolute atomic E-state index is 13.9. The van der Waals surface area contributed by atoms with Crippen LogP contribution in [0.15, 0.2) is 42.5 Å². The molecule has 0 saturated carbocycles. The summed E-state index contributed by atoms with van der Waals surface area (Å²) in [5, 5.41) is 2.98. The number of para-hydroxylation sites is 1. The van der Waals surface area contributed by atoms with Crippen LogP contribution in [0, 0.1) is 5.82 Å². The Hall–Kier alpha value is -1.87. The molecular formula is C18H22FNO. The predicted octanol–water partition coefficient (Wildman–Crippen LogP) is 4.85. The van der Waals surface area contributed by atoms with Crippen molar-refractivity contribution in [3.8, 4) is 11.5 Å². The van der Waals surface area contributed by atoms with Crippen LogP contribution in [0.1, 0.15) is 37.3 Å². The van der Waals surface area contributed by atoms with Crippen LogP contribution in [0.3, 0.4) is 0 Å². The zero-order chi connectivity index (χ0) is 15.2. The Balaban J connectivity index is 2.37. The summed E-state index contributed by atoms with van der Waals surface area (Å²) in [4.78, 5) is 0. The van der Waals surface area contributed by atoms with E-state index in [1.807, 2.05) is 24.3 Å². The molecule has 0 aliphatic heterocycles. The van der Waals surface area contributed by atoms with Crippen LogP contribution in [0.4, 0.5) is 4.39 Å². The Morgan fingerprint density at radius 1 is 1.10 bits per heavy atom. The highest BCUT2D eigenvalue weighted by molar-refractivity contribution is 5.43. The van der Waals surface area contributed by atoms with Crippen molar-refractivity contribution in [1.82, 2.24) is 5.32 Å². The summed E-state index contributed by atoms with van der Waals surface area (Å²) in [5.41, 5.74) is 1.71. The molecule has 2 aromatic carbocycles. The summed E-state index contributed by atoms with van der Waals surface area (Å²) in [6, 6.07) is 12.9. The smallest absolute Gasteiger partial charge is 0.134 e. The zero-order valence-electron chi connectivity index (χ0n) is 12.8. The lowest BCUT2D eigenvalue weighted by atomic mass is 9.98. The second kappa shape index (κ2) is 7.23. The molecule has 2 nitrogen and oxygen atoms in total. The zero-order valence-corrected chi connectivity index (χ0v) is 12.8. The third-order valence-corrected chi connectivity index (χ3v) is 3.71. The summed E-state index contributed by atoms with van der Waals surface area (Å²) >= 11 is 0. The van der Waals surface area contributed by atoms with Crippen LogP contribution in [-0.2, 0) is 6.54 Å². The lowest BCUT2D eigenvalue weighted by Crippen LogP contribution is -2.08. The van der Waals surface area contributed by atoms with E-state index in [-0.39, 0.29) is 5.82 Å². The Bertz CT molecular complexity index is 598. The third-order valence-electron chi connectivity index (χ3n) is 3.71. The molecular weight excluding hydrogens is 265 g/mol. The molecule has 1 N–H and O–H groups in total. The van der Waals surface area contributed by atoms with Crippen molar-refractivity contribution in [2.24, 2.45) is 0 Å². The van der Waals surface area contributed by atoms with Gasteiger partial charge in [-0.1, -0.05) is 38.1 Å². The fourth-order valence-corrected chi connectivity index (χ4v) is 2.30. The molecule has 0 spiro atoms. The molecule has 0 amide bonds. The first-order valence-electron chi connectivity index (χ1n) is 7.36. The number of hydrogen-bond acceptors (Lipinski definition) is 2. The van der Waals surface area contributed by atoms with Crippen molar-refractivity contribution in [1.29, 1.82) is 0 Å². The number of benzene rings is 2. The quantitative estimate of drug-likeness (QED) is 0.820. The van der Waals surface area contributed by atoms with Gasteiger partial charge in [0.1, 0.15) is 17.3 Å². The first kappa shape index (κ1) is 15.5. The summed E-state index contributed by atoms with van der Waals surface area (Å²) in [6.45, 7) is 4.76. The molecule has 0 aromatic heterocycles. The van der Waals surface area contributed by atoms with E-state index >= 15 is 0 Å². The van der Waals surface area contributed by atoms with Gasteiger partial charge in [0.2, 0.25) is 0 Å². The fraction of sp³-hybridized carbons (Fsp3) is 0.333. The van der Waals surface area contributed by atoms with Crippen molar-refractivity contribution in [3.05, 3.63) is 59.4 Å². The van der Waals surface area contributed by atoms with Crippen molar-refractivity contribution in [2.75, 3.05) is 7.05 Å². The average Bonchev–Trinajstić information content (AvgIpc) is 2.50. The molecule has 21 heavy (non-hydrogen) atoms. The first-order valence-corrected chi connectivity index (χ1v) is 7.36. The van der Waals surface area contributed by atoms with Gasteiger partial charge in [-0.05, 0) is 43.1 Å². The number of rotatable bonds is 6. The van der Waals surface area contributed by atoms with Crippen LogP contribution in [0.25, 0.3) is 0 Å². The van der Waals surface area contributed by atoms with E-state index < -0.39 is 0 Å². The van der Waals surface area contributed by atoms with E-state index in [1.165, 1.54) is 6.07 Å². The Morgan fingerprint density at radius 2 is 1.81 bits per heavy atom. The highest BCUT2D eigenvalue weighted by Crippen LogP contribution is 2.33. The summed E-state index contributed by atoms with van der Waals surface area (Å²) < 4.78 is 20.0. The predicted molar refractivity (Wildman–Crippen MR) is 84.4 cm³/mol. The van der Waals surface area contributed by atoms with E-state index in [0.717, 1.165) is 17.7 Å². The van der Waals surface area contributed by atoms with Gasteiger partial charge in [-0.3, -0.25) is 0 Å². The minimum Gasteiger partial charge on any atom is -0.457 e. The van der Waals surface area contributed by atoms with Gasteiger partial charge in [0.25, 0.3) is 0 Å². The highest BCUT2D eigenvalue weighted by atomic mass is 19.1. The molecule has 0 heterocycles. The molecule has 0 saturated heterocycles. The average molecular weight is 287 g/mol. The van der Waals surface area contributed by atoms with Gasteiger partial charge in [0.15, 0.2) is 0 Å². The van der Waals surface area contributed by atoms with Crippen molar-refractivity contribution < 1.29 is 9.13 Å². The van der Waals surface area contributed by atoms with Gasteiger partial charge in [-0.2, -0.15) is 0 Å². The summed E-state index contributed by atoms with van der Waals surface area (Å²) in [7, 11) is 1.79. The standard InChI is InChI=1S/C18H22FNO/c1-4-13(2)14-8-5-6-10-17(14)21-18-11-7-9-16(19)15(18)12-20-3/h5-11,13,20H,4,12H2,1-3H3. The lowest BCUT2D eigenvalue weighted by molar-refractivity contribution is 0.454. The Kier molecular flexibility index (Phi) is 5.34. The van der Waals surface area contributed by atoms with Gasteiger partial charge in [0, 0.05) is 12.1 Å². The number of ether oxygens (including phenoxy) is 1. The first-order chi connectivity index (χ1) is 10.2. The molecule has 0 aliphatic rings. The largest absolute Gasteiger partial charge is 0.457 e. The molecule has 112 valence electrons. The molecule has 1 atom stereocenters. The second-order valence-corrected chi connectivity index (χ2v) is 5.20. The molecule has 0 bridgehead atoms. The van der Waals surface area contributed by atoms with Gasteiger partial charge in [-0.25, -0.2) is 4.39 Å². The lowest BCUT2D eigenvalue weighted by Gasteiger charge is -2.17. The van der Waals surface area contributed by atoms with Crippen molar-refractivity contribution >= 4 is 0 Å². The fourth-order valence-electron chi connectivity index (χ4n) is 2.30. The van der Waals surface area contributed by atoms with Crippen molar-refractivity contribution in [2.45, 2.75) is 32.7 Å². The monoisotopic (exact) mass is 287 g/mol. The maximum Gasteiger partial charge on any atom is 0.134 e. The molecule has 0 radical (unpaired) electrons. The van der Waals surface area contributed by atoms with Gasteiger partial charge in [-0.15, -0.1) is 0 Å². The topological polar surface area (TPSA) is 21.3 Å². The van der Waals surface area contributed by atoms with Crippen LogP contribution < -0.4 is 10.1 Å². The second-order valence-electron chi connectivity index (χ2n) is 5.20. The van der Waals surface area contributed by atoms with E-state index in [2.05, 4.69) is 25.2 Å². The van der Waals surface area contributed by atoms with E-state index in [1.54, 1.807) is 13.1 Å². The molecule has 3 heteroatoms. The van der Waals surface area contributed by atoms with Crippen LogP contribution >= 0.6 is 0 Å². The molecule has 0 fully saturated rings. The third kappa shape index (κ3) is 3.61. The number of nitrogens with one attached hydrogen (secondary N) is 1. The van der Waals surface area contributed by atoms with Crippen LogP contribution in [-0.4, -0.2) is 7.05 Å². The van der Waals surface area contributed by atoms with Crippen LogP contribution in [0.5, 0.6) is 11.5 Å². The summed E-state index contributed by atoms with van der Waals surface area (Å²) in [5.74, 6) is 1.53. The summed E-state index contributed by atoms with van der Waals surface area (Å²) in [6.07, 6.45) is 1.03. The van der Waals surface area contributed by atoms with Crippen LogP contribution in [0.2, 0.25) is 0 Å². The SMILES string of the molecule is CCC(C)c1ccccc1Oc1cccc(F)c1CNC. The molecule has 0 aliphatic carbocycles. The molecule has 2 aromatic rings. The van der Waals surface area contributed by atoms with Crippen molar-refractivity contribution in [3.63, 3.8) is 0 Å². The van der Waals surface area contributed by atoms with Gasteiger partial charge in [0.05, 0.1) is 0 Å².